The molecule has 1 amide bonds. The van der Waals surface area contributed by atoms with Gasteiger partial charge >= 0.3 is 0 Å². The first-order valence-electron chi connectivity index (χ1n) is 9.24. The molecule has 1 aliphatic carbocycles. The summed E-state index contributed by atoms with van der Waals surface area (Å²) in [6, 6.07) is 6.82. The molecule has 0 bridgehead atoms. The van der Waals surface area contributed by atoms with Gasteiger partial charge in [-0.3, -0.25) is 4.79 Å². The van der Waals surface area contributed by atoms with Crippen LogP contribution < -0.4 is 10.6 Å². The van der Waals surface area contributed by atoms with Gasteiger partial charge in [-0.05, 0) is 50.0 Å². The van der Waals surface area contributed by atoms with Crippen LogP contribution in [-0.4, -0.2) is 35.1 Å². The summed E-state index contributed by atoms with van der Waals surface area (Å²) < 4.78 is 13.8. The summed E-state index contributed by atoms with van der Waals surface area (Å²) in [5, 5.41) is 6.68. The van der Waals surface area contributed by atoms with Crippen molar-refractivity contribution in [3.05, 3.63) is 30.1 Å². The normalized spacial score (nSPS) is 21.6. The van der Waals surface area contributed by atoms with E-state index in [1.54, 1.807) is 18.2 Å². The third-order valence-electron chi connectivity index (χ3n) is 5.15. The van der Waals surface area contributed by atoms with Crippen molar-refractivity contribution in [1.82, 2.24) is 10.2 Å². The van der Waals surface area contributed by atoms with Crippen LogP contribution in [-0.2, 0) is 4.79 Å². The second-order valence-corrected chi connectivity index (χ2v) is 7.43. The maximum atomic E-state index is 13.8. The van der Waals surface area contributed by atoms with E-state index in [1.165, 1.54) is 25.3 Å². The van der Waals surface area contributed by atoms with Gasteiger partial charge in [0.05, 0.1) is 11.6 Å². The third-order valence-corrected chi connectivity index (χ3v) is 5.51. The van der Waals surface area contributed by atoms with Crippen molar-refractivity contribution in [2.24, 2.45) is 5.92 Å². The van der Waals surface area contributed by atoms with Crippen LogP contribution in [0.1, 0.15) is 44.9 Å². The lowest BCUT2D eigenvalue weighted by molar-refractivity contribution is -0.127. The first kappa shape index (κ1) is 18.1. The van der Waals surface area contributed by atoms with Crippen molar-refractivity contribution in [3.63, 3.8) is 0 Å². The molecule has 25 heavy (non-hydrogen) atoms. The summed E-state index contributed by atoms with van der Waals surface area (Å²) in [6.07, 6.45) is 7.68. The van der Waals surface area contributed by atoms with Gasteiger partial charge < -0.3 is 15.5 Å². The van der Waals surface area contributed by atoms with E-state index in [9.17, 15) is 9.18 Å². The van der Waals surface area contributed by atoms with E-state index in [0.29, 0.717) is 23.4 Å². The predicted molar refractivity (Wildman–Crippen MR) is 102 cm³/mol. The highest BCUT2D eigenvalue weighted by molar-refractivity contribution is 7.80. The fourth-order valence-corrected chi connectivity index (χ4v) is 3.97. The molecule has 1 aromatic rings. The van der Waals surface area contributed by atoms with Crippen molar-refractivity contribution in [1.29, 1.82) is 0 Å². The van der Waals surface area contributed by atoms with Crippen LogP contribution in [0.25, 0.3) is 0 Å². The Hall–Kier alpha value is -1.69. The summed E-state index contributed by atoms with van der Waals surface area (Å²) in [4.78, 5) is 14.6. The number of halogens is 1. The number of nitrogens with one attached hydrogen (secondary N) is 2. The number of nitrogens with zero attached hydrogens (tertiary/aromatic N) is 1. The second kappa shape index (κ2) is 8.61. The molecular formula is C19H26FN3OS. The van der Waals surface area contributed by atoms with Crippen LogP contribution in [0.15, 0.2) is 24.3 Å². The zero-order valence-electron chi connectivity index (χ0n) is 14.5. The van der Waals surface area contributed by atoms with E-state index in [2.05, 4.69) is 10.6 Å². The Kier molecular flexibility index (Phi) is 6.24. The highest BCUT2D eigenvalue weighted by Crippen LogP contribution is 2.22. The molecule has 6 heteroatoms. The Morgan fingerprint density at radius 2 is 1.88 bits per heavy atom. The molecular weight excluding hydrogens is 337 g/mol. The number of benzene rings is 1. The summed E-state index contributed by atoms with van der Waals surface area (Å²) in [5.41, 5.74) is 0.376. The van der Waals surface area contributed by atoms with Crippen LogP contribution in [0.4, 0.5) is 10.1 Å². The molecule has 3 rings (SSSR count). The quantitative estimate of drug-likeness (QED) is 0.804. The molecule has 2 N–H and O–H groups in total. The summed E-state index contributed by atoms with van der Waals surface area (Å²) in [7, 11) is 0. The van der Waals surface area contributed by atoms with E-state index in [0.717, 1.165) is 32.2 Å². The van der Waals surface area contributed by atoms with Gasteiger partial charge in [0.15, 0.2) is 5.11 Å². The van der Waals surface area contributed by atoms with Crippen LogP contribution in [0.3, 0.4) is 0 Å². The Balaban J connectivity index is 1.54. The van der Waals surface area contributed by atoms with Gasteiger partial charge in [-0.25, -0.2) is 4.39 Å². The Morgan fingerprint density at radius 3 is 2.64 bits per heavy atom. The van der Waals surface area contributed by atoms with E-state index < -0.39 is 0 Å². The molecule has 0 unspecified atom stereocenters. The zero-order chi connectivity index (χ0) is 17.6. The second-order valence-electron chi connectivity index (χ2n) is 7.04. The predicted octanol–water partition coefficient (Wildman–Crippen LogP) is 3.68. The maximum Gasteiger partial charge on any atom is 0.225 e. The van der Waals surface area contributed by atoms with Gasteiger partial charge in [0.2, 0.25) is 5.91 Å². The third kappa shape index (κ3) is 4.91. The minimum Gasteiger partial charge on any atom is -0.353 e. The lowest BCUT2D eigenvalue weighted by Gasteiger charge is -2.35. The molecule has 1 aromatic carbocycles. The summed E-state index contributed by atoms with van der Waals surface area (Å²) >= 11 is 5.43. The number of carbonyl (C=O) groups is 1. The fraction of sp³-hybridized carbons (Fsp3) is 0.579. The van der Waals surface area contributed by atoms with Gasteiger partial charge in [-0.1, -0.05) is 31.4 Å². The van der Waals surface area contributed by atoms with Gasteiger partial charge in [0.25, 0.3) is 0 Å². The molecule has 0 aromatic heterocycles. The minimum atomic E-state index is -0.326. The largest absolute Gasteiger partial charge is 0.353 e. The van der Waals surface area contributed by atoms with E-state index in [1.807, 2.05) is 4.90 Å². The lowest BCUT2D eigenvalue weighted by Crippen LogP contribution is -2.48. The Morgan fingerprint density at radius 1 is 1.12 bits per heavy atom. The number of hydrogen-bond acceptors (Lipinski definition) is 2. The van der Waals surface area contributed by atoms with Crippen molar-refractivity contribution in [2.75, 3.05) is 18.4 Å². The molecule has 0 radical (unpaired) electrons. The van der Waals surface area contributed by atoms with Crippen molar-refractivity contribution >= 4 is 28.9 Å². The number of piperidine rings is 1. The summed E-state index contributed by atoms with van der Waals surface area (Å²) in [6.45, 7) is 1.40. The first-order chi connectivity index (χ1) is 12.1. The summed E-state index contributed by atoms with van der Waals surface area (Å²) in [5.74, 6) is -0.227. The average Bonchev–Trinajstić information content (AvgIpc) is 2.64. The molecule has 1 heterocycles. The molecule has 1 aliphatic heterocycles. The number of anilines is 1. The van der Waals surface area contributed by atoms with Crippen LogP contribution >= 0.6 is 12.2 Å². The van der Waals surface area contributed by atoms with Gasteiger partial charge in [0.1, 0.15) is 5.82 Å². The number of rotatable bonds is 3. The number of likely N-dealkylation sites (tertiary alicyclic amines) is 1. The first-order valence-corrected chi connectivity index (χ1v) is 9.65. The van der Waals surface area contributed by atoms with Crippen molar-refractivity contribution < 1.29 is 9.18 Å². The standard InChI is InChI=1S/C19H26FN3OS/c20-16-10-4-5-11-17(16)22-19(25)23-12-6-7-14(13-23)18(24)21-15-8-2-1-3-9-15/h4-5,10-11,14-15H,1-3,6-9,12-13H2,(H,21,24)(H,22,25)/t14-/m0/s1. The van der Waals surface area contributed by atoms with Crippen molar-refractivity contribution in [3.8, 4) is 0 Å². The lowest BCUT2D eigenvalue weighted by atomic mass is 9.93. The van der Waals surface area contributed by atoms with Gasteiger partial charge in [-0.2, -0.15) is 0 Å². The Bertz CT molecular complexity index is 618. The van der Waals surface area contributed by atoms with Gasteiger partial charge in [-0.15, -0.1) is 0 Å². The molecule has 1 atom stereocenters. The average molecular weight is 364 g/mol. The number of thiocarbonyl (C=S) groups is 1. The monoisotopic (exact) mass is 363 g/mol. The maximum absolute atomic E-state index is 13.8. The number of hydrogen-bond donors (Lipinski definition) is 2. The van der Waals surface area contributed by atoms with E-state index in [4.69, 9.17) is 12.2 Å². The number of para-hydroxylation sites is 1. The molecule has 136 valence electrons. The van der Waals surface area contributed by atoms with Gasteiger partial charge in [0, 0.05) is 19.1 Å². The zero-order valence-corrected chi connectivity index (χ0v) is 15.3. The van der Waals surface area contributed by atoms with Crippen LogP contribution in [0.5, 0.6) is 0 Å². The highest BCUT2D eigenvalue weighted by atomic mass is 32.1. The Labute approximate surface area is 154 Å². The SMILES string of the molecule is O=C(NC1CCCCC1)[C@H]1CCCN(C(=S)Nc2ccccc2F)C1. The number of carbonyl (C=O) groups excluding carboxylic acids is 1. The topological polar surface area (TPSA) is 44.4 Å². The highest BCUT2D eigenvalue weighted by Gasteiger charge is 2.28. The van der Waals surface area contributed by atoms with E-state index in [-0.39, 0.29) is 17.6 Å². The van der Waals surface area contributed by atoms with Crippen LogP contribution in [0.2, 0.25) is 0 Å². The van der Waals surface area contributed by atoms with Crippen molar-refractivity contribution in [2.45, 2.75) is 51.0 Å². The smallest absolute Gasteiger partial charge is 0.225 e. The molecule has 0 spiro atoms. The molecule has 2 aliphatic rings. The molecule has 1 saturated carbocycles. The van der Waals surface area contributed by atoms with Crippen LogP contribution in [0, 0.1) is 11.7 Å². The van der Waals surface area contributed by atoms with E-state index >= 15 is 0 Å². The molecule has 4 nitrogen and oxygen atoms in total. The molecule has 1 saturated heterocycles. The number of amides is 1. The minimum absolute atomic E-state index is 0.0453. The fourth-order valence-electron chi connectivity index (χ4n) is 3.70. The molecule has 2 fully saturated rings.